The van der Waals surface area contributed by atoms with Crippen molar-refractivity contribution < 1.29 is 14.3 Å². The molecular weight excluding hydrogens is 230 g/mol. The molecule has 4 nitrogen and oxygen atoms in total. The summed E-state index contributed by atoms with van der Waals surface area (Å²) < 4.78 is 5.47. The number of amides is 1. The number of ether oxygens (including phenoxy) is 1. The highest BCUT2D eigenvalue weighted by atomic mass is 16.5. The van der Waals surface area contributed by atoms with Crippen molar-refractivity contribution in [2.45, 2.75) is 70.9 Å². The van der Waals surface area contributed by atoms with Crippen LogP contribution in [0.3, 0.4) is 0 Å². The molecule has 1 heterocycles. The van der Waals surface area contributed by atoms with Gasteiger partial charge in [-0.25, -0.2) is 0 Å². The fourth-order valence-corrected chi connectivity index (χ4v) is 2.88. The Morgan fingerprint density at radius 1 is 1.33 bits per heavy atom. The van der Waals surface area contributed by atoms with Gasteiger partial charge >= 0.3 is 5.97 Å². The minimum Gasteiger partial charge on any atom is -0.462 e. The van der Waals surface area contributed by atoms with Gasteiger partial charge in [-0.15, -0.1) is 0 Å². The third-order valence-corrected chi connectivity index (χ3v) is 3.97. The first kappa shape index (κ1) is 13.4. The van der Waals surface area contributed by atoms with E-state index in [2.05, 4.69) is 5.32 Å². The lowest BCUT2D eigenvalue weighted by atomic mass is 9.89. The van der Waals surface area contributed by atoms with Gasteiger partial charge in [-0.2, -0.15) is 0 Å². The quantitative estimate of drug-likeness (QED) is 0.784. The summed E-state index contributed by atoms with van der Waals surface area (Å²) in [4.78, 5) is 23.4. The second-order valence-corrected chi connectivity index (χ2v) is 6.21. The average molecular weight is 253 g/mol. The number of hydrogen-bond donors (Lipinski definition) is 1. The number of rotatable bonds is 3. The number of esters is 1. The van der Waals surface area contributed by atoms with Crippen LogP contribution in [0.2, 0.25) is 0 Å². The van der Waals surface area contributed by atoms with Crippen molar-refractivity contribution in [1.29, 1.82) is 0 Å². The molecule has 1 amide bonds. The van der Waals surface area contributed by atoms with Crippen molar-refractivity contribution in [1.82, 2.24) is 5.32 Å². The molecule has 0 aromatic heterocycles. The zero-order chi connectivity index (χ0) is 13.2. The topological polar surface area (TPSA) is 55.4 Å². The molecule has 1 atom stereocenters. The second kappa shape index (κ2) is 5.29. The molecule has 18 heavy (non-hydrogen) atoms. The van der Waals surface area contributed by atoms with Crippen molar-refractivity contribution in [3.63, 3.8) is 0 Å². The Kier molecular flexibility index (Phi) is 3.93. The number of carbonyl (C=O) groups is 2. The first-order chi connectivity index (χ1) is 8.47. The minimum atomic E-state index is -0.351. The predicted octanol–water partition coefficient (Wildman–Crippen LogP) is 2.17. The van der Waals surface area contributed by atoms with E-state index < -0.39 is 0 Å². The average Bonchev–Trinajstić information content (AvgIpc) is 2.53. The van der Waals surface area contributed by atoms with E-state index in [1.54, 1.807) is 0 Å². The van der Waals surface area contributed by atoms with Crippen molar-refractivity contribution >= 4 is 11.9 Å². The SMILES string of the molecule is CC1(C)CC(CC(=O)OC2CCCCC2)NC1=O. The molecule has 2 fully saturated rings. The second-order valence-electron chi connectivity index (χ2n) is 6.21. The van der Waals surface area contributed by atoms with Crippen LogP contribution in [0.25, 0.3) is 0 Å². The van der Waals surface area contributed by atoms with Crippen LogP contribution in [-0.4, -0.2) is 24.0 Å². The lowest BCUT2D eigenvalue weighted by molar-refractivity contribution is -0.151. The Morgan fingerprint density at radius 2 is 2.00 bits per heavy atom. The zero-order valence-electron chi connectivity index (χ0n) is 11.3. The van der Waals surface area contributed by atoms with Gasteiger partial charge in [0.25, 0.3) is 0 Å². The van der Waals surface area contributed by atoms with Crippen LogP contribution >= 0.6 is 0 Å². The molecule has 0 spiro atoms. The summed E-state index contributed by atoms with van der Waals surface area (Å²) in [5.41, 5.74) is -0.351. The van der Waals surface area contributed by atoms with Crippen LogP contribution in [0.1, 0.15) is 58.8 Å². The standard InChI is InChI=1S/C14H23NO3/c1-14(2)9-10(15-13(14)17)8-12(16)18-11-6-4-3-5-7-11/h10-11H,3-9H2,1-2H3,(H,15,17). The third kappa shape index (κ3) is 3.24. The molecule has 2 rings (SSSR count). The number of carbonyl (C=O) groups excluding carboxylic acids is 2. The molecular formula is C14H23NO3. The first-order valence-corrected chi connectivity index (χ1v) is 6.98. The van der Waals surface area contributed by atoms with Crippen molar-refractivity contribution in [2.75, 3.05) is 0 Å². The van der Waals surface area contributed by atoms with Crippen molar-refractivity contribution in [2.24, 2.45) is 5.41 Å². The summed E-state index contributed by atoms with van der Waals surface area (Å²) in [7, 11) is 0. The Hall–Kier alpha value is -1.06. The highest BCUT2D eigenvalue weighted by Crippen LogP contribution is 2.30. The summed E-state index contributed by atoms with van der Waals surface area (Å²) >= 11 is 0. The third-order valence-electron chi connectivity index (χ3n) is 3.97. The molecule has 1 N–H and O–H groups in total. The van der Waals surface area contributed by atoms with Gasteiger partial charge in [0.15, 0.2) is 0 Å². The highest BCUT2D eigenvalue weighted by Gasteiger charge is 2.39. The highest BCUT2D eigenvalue weighted by molar-refractivity contribution is 5.85. The molecule has 1 aliphatic carbocycles. The van der Waals surface area contributed by atoms with E-state index in [1.165, 1.54) is 6.42 Å². The summed E-state index contributed by atoms with van der Waals surface area (Å²) in [6.45, 7) is 3.82. The van der Waals surface area contributed by atoms with Gasteiger partial charge in [0.05, 0.1) is 6.42 Å². The molecule has 1 saturated carbocycles. The van der Waals surface area contributed by atoms with Gasteiger partial charge in [-0.3, -0.25) is 9.59 Å². The molecule has 1 aliphatic heterocycles. The van der Waals surface area contributed by atoms with Gasteiger partial charge in [-0.1, -0.05) is 20.3 Å². The maximum Gasteiger partial charge on any atom is 0.308 e. The molecule has 0 radical (unpaired) electrons. The summed E-state index contributed by atoms with van der Waals surface area (Å²) in [6, 6.07) is -0.0522. The molecule has 0 bridgehead atoms. The van der Waals surface area contributed by atoms with Gasteiger partial charge in [0, 0.05) is 11.5 Å². The smallest absolute Gasteiger partial charge is 0.308 e. The maximum atomic E-state index is 11.8. The zero-order valence-corrected chi connectivity index (χ0v) is 11.3. The maximum absolute atomic E-state index is 11.8. The van der Waals surface area contributed by atoms with E-state index in [0.717, 1.165) is 25.7 Å². The van der Waals surface area contributed by atoms with E-state index in [4.69, 9.17) is 4.74 Å². The van der Waals surface area contributed by atoms with Gasteiger partial charge < -0.3 is 10.1 Å². The van der Waals surface area contributed by atoms with E-state index in [1.807, 2.05) is 13.8 Å². The Bertz CT molecular complexity index is 332. The van der Waals surface area contributed by atoms with Crippen LogP contribution in [0.4, 0.5) is 0 Å². The predicted molar refractivity (Wildman–Crippen MR) is 67.9 cm³/mol. The van der Waals surface area contributed by atoms with Gasteiger partial charge in [0.1, 0.15) is 6.10 Å². The van der Waals surface area contributed by atoms with Crippen LogP contribution in [0, 0.1) is 5.41 Å². The Morgan fingerprint density at radius 3 is 2.56 bits per heavy atom. The number of nitrogens with one attached hydrogen (secondary N) is 1. The van der Waals surface area contributed by atoms with Gasteiger partial charge in [0.2, 0.25) is 5.91 Å². The molecule has 0 aromatic rings. The van der Waals surface area contributed by atoms with E-state index in [-0.39, 0.29) is 29.4 Å². The van der Waals surface area contributed by atoms with Crippen LogP contribution in [-0.2, 0) is 14.3 Å². The lowest BCUT2D eigenvalue weighted by Crippen LogP contribution is -2.31. The Balaban J connectivity index is 1.76. The molecule has 102 valence electrons. The molecule has 1 saturated heterocycles. The monoisotopic (exact) mass is 253 g/mol. The largest absolute Gasteiger partial charge is 0.462 e. The molecule has 4 heteroatoms. The fourth-order valence-electron chi connectivity index (χ4n) is 2.88. The van der Waals surface area contributed by atoms with Crippen molar-refractivity contribution in [3.05, 3.63) is 0 Å². The van der Waals surface area contributed by atoms with E-state index in [9.17, 15) is 9.59 Å². The lowest BCUT2D eigenvalue weighted by Gasteiger charge is -2.22. The molecule has 0 aromatic carbocycles. The van der Waals surface area contributed by atoms with Crippen LogP contribution in [0.5, 0.6) is 0 Å². The molecule has 2 aliphatic rings. The van der Waals surface area contributed by atoms with E-state index in [0.29, 0.717) is 12.8 Å². The minimum absolute atomic E-state index is 0.0398. The summed E-state index contributed by atoms with van der Waals surface area (Å²) in [5, 5.41) is 2.87. The first-order valence-electron chi connectivity index (χ1n) is 6.98. The van der Waals surface area contributed by atoms with E-state index >= 15 is 0 Å². The molecule has 1 unspecified atom stereocenters. The Labute approximate surface area is 108 Å². The fraction of sp³-hybridized carbons (Fsp3) is 0.857. The van der Waals surface area contributed by atoms with Crippen molar-refractivity contribution in [3.8, 4) is 0 Å². The van der Waals surface area contributed by atoms with Crippen LogP contribution < -0.4 is 5.32 Å². The summed E-state index contributed by atoms with van der Waals surface area (Å²) in [5.74, 6) is -0.122. The van der Waals surface area contributed by atoms with Crippen LogP contribution in [0.15, 0.2) is 0 Å². The number of hydrogen-bond acceptors (Lipinski definition) is 3. The summed E-state index contributed by atoms with van der Waals surface area (Å²) in [6.07, 6.45) is 6.69. The van der Waals surface area contributed by atoms with Gasteiger partial charge in [-0.05, 0) is 32.1 Å². The normalized spacial score (nSPS) is 27.9.